The zero-order valence-electron chi connectivity index (χ0n) is 13.5. The smallest absolute Gasteiger partial charge is 0.306 e. The van der Waals surface area contributed by atoms with Crippen LogP contribution in [0.5, 0.6) is 0 Å². The highest BCUT2D eigenvalue weighted by Gasteiger charge is 2.45. The minimum Gasteiger partial charge on any atom is -0.457 e. The molecular weight excluding hydrogens is 273 g/mol. The fourth-order valence-corrected chi connectivity index (χ4v) is 2.43. The topological polar surface area (TPSA) is 73.9 Å². The van der Waals surface area contributed by atoms with Crippen LogP contribution in [0, 0.1) is 0 Å². The fraction of sp³-hybridized carbons (Fsp3) is 0.857. The van der Waals surface area contributed by atoms with Gasteiger partial charge in [0.25, 0.3) is 0 Å². The second-order valence-corrected chi connectivity index (χ2v) is 5.57. The summed E-state index contributed by atoms with van der Waals surface area (Å²) in [6.45, 7) is 5.87. The van der Waals surface area contributed by atoms with Crippen molar-refractivity contribution in [3.05, 3.63) is 0 Å². The second-order valence-electron chi connectivity index (χ2n) is 5.57. The van der Waals surface area contributed by atoms with Crippen molar-refractivity contribution in [2.75, 3.05) is 7.05 Å². The number of esters is 1. The Labute approximate surface area is 127 Å². The third kappa shape index (κ3) is 5.32. The molecule has 6 nitrogen and oxygen atoms in total. The highest BCUT2D eigenvalue weighted by atomic mass is 16.6. The predicted molar refractivity (Wildman–Crippen MR) is 80.7 cm³/mol. The standard InChI is InChI=1S/C14H26BNO5/c1-5-9-12(13(14(15)20-9)19-8(2)3)21-11(18)7-6-10(17)16-4/h8-9,12-14H,5-7,15H2,1-4H3,(H,16,17)/t9-,12+,13?,14-/m1/s1. The van der Waals surface area contributed by atoms with Gasteiger partial charge in [0.15, 0.2) is 6.10 Å². The first kappa shape index (κ1) is 18.0. The molecule has 0 aliphatic carbocycles. The Bertz CT molecular complexity index is 363. The van der Waals surface area contributed by atoms with E-state index in [2.05, 4.69) is 5.32 Å². The summed E-state index contributed by atoms with van der Waals surface area (Å²) in [6.07, 6.45) is 0.135. The molecule has 1 unspecified atom stereocenters. The van der Waals surface area contributed by atoms with Gasteiger partial charge in [0.1, 0.15) is 14.0 Å². The molecule has 1 rings (SSSR count). The quantitative estimate of drug-likeness (QED) is 0.528. The molecule has 120 valence electrons. The number of hydrogen-bond donors (Lipinski definition) is 1. The highest BCUT2D eigenvalue weighted by molar-refractivity contribution is 6.11. The van der Waals surface area contributed by atoms with Crippen LogP contribution in [-0.2, 0) is 23.8 Å². The summed E-state index contributed by atoms with van der Waals surface area (Å²) in [5.74, 6) is -0.567. The maximum absolute atomic E-state index is 11.9. The van der Waals surface area contributed by atoms with Crippen molar-refractivity contribution in [3.8, 4) is 0 Å². The van der Waals surface area contributed by atoms with Crippen molar-refractivity contribution in [1.29, 1.82) is 0 Å². The maximum atomic E-state index is 11.9. The third-order valence-corrected chi connectivity index (χ3v) is 3.48. The largest absolute Gasteiger partial charge is 0.457 e. The van der Waals surface area contributed by atoms with Crippen molar-refractivity contribution in [2.24, 2.45) is 0 Å². The van der Waals surface area contributed by atoms with E-state index in [0.29, 0.717) is 0 Å². The van der Waals surface area contributed by atoms with Crippen LogP contribution in [0.2, 0.25) is 0 Å². The molecule has 1 heterocycles. The van der Waals surface area contributed by atoms with Gasteiger partial charge in [-0.05, 0) is 20.3 Å². The van der Waals surface area contributed by atoms with Gasteiger partial charge in [0.2, 0.25) is 5.91 Å². The lowest BCUT2D eigenvalue weighted by atomic mass is 9.92. The molecule has 1 N–H and O–H groups in total. The molecule has 0 aromatic heterocycles. The van der Waals surface area contributed by atoms with Crippen molar-refractivity contribution in [3.63, 3.8) is 0 Å². The van der Waals surface area contributed by atoms with Gasteiger partial charge in [0.05, 0.1) is 24.6 Å². The van der Waals surface area contributed by atoms with E-state index in [1.54, 1.807) is 7.05 Å². The van der Waals surface area contributed by atoms with Gasteiger partial charge in [-0.15, -0.1) is 0 Å². The SMILES string of the molecule is B[C@@H]1O[C@H](CC)[C@H](OC(=O)CCC(=O)NC)C1OC(C)C. The van der Waals surface area contributed by atoms with Gasteiger partial charge >= 0.3 is 5.97 Å². The van der Waals surface area contributed by atoms with Crippen LogP contribution in [0.15, 0.2) is 0 Å². The molecule has 1 amide bonds. The monoisotopic (exact) mass is 299 g/mol. The number of carbonyl (C=O) groups excluding carboxylic acids is 2. The van der Waals surface area contributed by atoms with E-state index < -0.39 is 12.1 Å². The maximum Gasteiger partial charge on any atom is 0.306 e. The molecule has 0 aromatic carbocycles. The molecule has 1 fully saturated rings. The van der Waals surface area contributed by atoms with E-state index in [1.807, 2.05) is 28.6 Å². The number of amides is 1. The Kier molecular flexibility index (Phi) is 7.18. The molecule has 1 aliphatic rings. The fourth-order valence-electron chi connectivity index (χ4n) is 2.43. The van der Waals surface area contributed by atoms with E-state index in [0.717, 1.165) is 6.42 Å². The summed E-state index contributed by atoms with van der Waals surface area (Å²) in [5, 5.41) is 2.48. The van der Waals surface area contributed by atoms with E-state index in [4.69, 9.17) is 14.2 Å². The second kappa shape index (κ2) is 8.39. The summed E-state index contributed by atoms with van der Waals surface area (Å²) in [6, 6.07) is -0.117. The molecule has 1 aliphatic heterocycles. The van der Waals surface area contributed by atoms with Crippen LogP contribution in [-0.4, -0.2) is 57.2 Å². The molecule has 0 aromatic rings. The summed E-state index contributed by atoms with van der Waals surface area (Å²) < 4.78 is 17.2. The Hall–Kier alpha value is -1.08. The minimum absolute atomic E-state index is 0.0312. The molecule has 4 atom stereocenters. The zero-order valence-corrected chi connectivity index (χ0v) is 13.5. The van der Waals surface area contributed by atoms with Crippen LogP contribution in [0.25, 0.3) is 0 Å². The lowest BCUT2D eigenvalue weighted by Crippen LogP contribution is -2.40. The van der Waals surface area contributed by atoms with Crippen molar-refractivity contribution in [1.82, 2.24) is 5.32 Å². The summed E-state index contributed by atoms with van der Waals surface area (Å²) in [4.78, 5) is 23.1. The molecule has 0 bridgehead atoms. The first-order chi connectivity index (χ1) is 9.88. The van der Waals surface area contributed by atoms with Gasteiger partial charge < -0.3 is 19.5 Å². The normalized spacial score (nSPS) is 28.6. The van der Waals surface area contributed by atoms with Crippen LogP contribution >= 0.6 is 0 Å². The van der Waals surface area contributed by atoms with Gasteiger partial charge in [-0.25, -0.2) is 0 Å². The first-order valence-electron chi connectivity index (χ1n) is 7.60. The van der Waals surface area contributed by atoms with Gasteiger partial charge in [-0.1, -0.05) is 6.92 Å². The number of carbonyl (C=O) groups is 2. The summed E-state index contributed by atoms with van der Waals surface area (Å²) >= 11 is 0. The summed E-state index contributed by atoms with van der Waals surface area (Å²) in [7, 11) is 3.47. The average Bonchev–Trinajstić information content (AvgIpc) is 2.72. The van der Waals surface area contributed by atoms with Gasteiger partial charge in [0, 0.05) is 13.5 Å². The Morgan fingerprint density at radius 1 is 1.29 bits per heavy atom. The molecular formula is C14H26BNO5. The van der Waals surface area contributed by atoms with Crippen LogP contribution < -0.4 is 5.32 Å². The first-order valence-corrected chi connectivity index (χ1v) is 7.60. The number of hydrogen-bond acceptors (Lipinski definition) is 5. The van der Waals surface area contributed by atoms with E-state index in [-0.39, 0.29) is 43.1 Å². The molecule has 1 saturated heterocycles. The zero-order chi connectivity index (χ0) is 16.0. The van der Waals surface area contributed by atoms with Crippen molar-refractivity contribution < 1.29 is 23.8 Å². The highest BCUT2D eigenvalue weighted by Crippen LogP contribution is 2.28. The van der Waals surface area contributed by atoms with Crippen LogP contribution in [0.3, 0.4) is 0 Å². The lowest BCUT2D eigenvalue weighted by molar-refractivity contribution is -0.159. The molecule has 0 radical (unpaired) electrons. The van der Waals surface area contributed by atoms with Crippen molar-refractivity contribution in [2.45, 2.75) is 70.5 Å². The lowest BCUT2D eigenvalue weighted by Gasteiger charge is -2.25. The Morgan fingerprint density at radius 2 is 1.95 bits per heavy atom. The number of rotatable bonds is 7. The van der Waals surface area contributed by atoms with Crippen LogP contribution in [0.1, 0.15) is 40.0 Å². The number of nitrogens with one attached hydrogen (secondary N) is 1. The van der Waals surface area contributed by atoms with Gasteiger partial charge in [-0.2, -0.15) is 0 Å². The summed E-state index contributed by atoms with van der Waals surface area (Å²) in [5.41, 5.74) is 0. The Balaban J connectivity index is 2.62. The molecule has 0 spiro atoms. The van der Waals surface area contributed by atoms with Crippen LogP contribution in [0.4, 0.5) is 0 Å². The molecule has 0 saturated carbocycles. The predicted octanol–water partition coefficient (Wildman–Crippen LogP) is -0.0140. The third-order valence-electron chi connectivity index (χ3n) is 3.48. The number of ether oxygens (including phenoxy) is 3. The Morgan fingerprint density at radius 3 is 2.48 bits per heavy atom. The van der Waals surface area contributed by atoms with Gasteiger partial charge in [-0.3, -0.25) is 9.59 Å². The van der Waals surface area contributed by atoms with E-state index in [9.17, 15) is 9.59 Å². The molecule has 7 heteroatoms. The average molecular weight is 299 g/mol. The van der Waals surface area contributed by atoms with E-state index >= 15 is 0 Å². The van der Waals surface area contributed by atoms with Crippen molar-refractivity contribution >= 4 is 19.7 Å². The minimum atomic E-state index is -0.412. The van der Waals surface area contributed by atoms with E-state index in [1.165, 1.54) is 0 Å². The molecule has 21 heavy (non-hydrogen) atoms.